The molecule has 2 nitrogen and oxygen atoms in total. The highest BCUT2D eigenvalue weighted by atomic mass is 35.5. The minimum atomic E-state index is 0.491. The zero-order valence-corrected chi connectivity index (χ0v) is 10.5. The van der Waals surface area contributed by atoms with Gasteiger partial charge in [0.25, 0.3) is 0 Å². The predicted molar refractivity (Wildman–Crippen MR) is 76.6 cm³/mol. The molecule has 1 heterocycles. The maximum atomic E-state index is 6.25. The van der Waals surface area contributed by atoms with Gasteiger partial charge in [0.1, 0.15) is 0 Å². The zero-order chi connectivity index (χ0) is 12.5. The molecule has 90 valence electrons. The van der Waals surface area contributed by atoms with Gasteiger partial charge in [-0.2, -0.15) is 0 Å². The van der Waals surface area contributed by atoms with Gasteiger partial charge < -0.3 is 10.7 Å². The minimum Gasteiger partial charge on any atom is -0.354 e. The number of nitrogens with one attached hydrogen (secondary N) is 1. The number of rotatable bonds is 2. The number of aromatic amines is 1. The monoisotopic (exact) mass is 256 g/mol. The van der Waals surface area contributed by atoms with Crippen molar-refractivity contribution in [2.24, 2.45) is 5.73 Å². The summed E-state index contributed by atoms with van der Waals surface area (Å²) in [5.74, 6) is 0. The molecular formula is C15H13ClN2. The number of hydrogen-bond acceptors (Lipinski definition) is 1. The summed E-state index contributed by atoms with van der Waals surface area (Å²) in [7, 11) is 0. The molecule has 1 aromatic heterocycles. The minimum absolute atomic E-state index is 0.491. The molecule has 18 heavy (non-hydrogen) atoms. The Hall–Kier alpha value is -1.77. The second-order valence-corrected chi connectivity index (χ2v) is 4.62. The molecule has 0 saturated heterocycles. The average molecular weight is 257 g/mol. The molecule has 0 unspecified atom stereocenters. The van der Waals surface area contributed by atoms with Crippen LogP contribution >= 0.6 is 11.6 Å². The highest BCUT2D eigenvalue weighted by Crippen LogP contribution is 2.33. The van der Waals surface area contributed by atoms with Crippen molar-refractivity contribution in [2.75, 3.05) is 0 Å². The maximum absolute atomic E-state index is 6.25. The number of hydrogen-bond donors (Lipinski definition) is 2. The first-order valence-corrected chi connectivity index (χ1v) is 6.23. The van der Waals surface area contributed by atoms with E-state index in [1.54, 1.807) is 0 Å². The zero-order valence-electron chi connectivity index (χ0n) is 9.78. The Balaban J connectivity index is 2.32. The summed E-state index contributed by atoms with van der Waals surface area (Å²) in [5.41, 5.74) is 10.1. The Morgan fingerprint density at radius 1 is 1.00 bits per heavy atom. The molecule has 2 aromatic carbocycles. The highest BCUT2D eigenvalue weighted by Gasteiger charge is 2.13. The number of fused-ring (bicyclic) bond motifs is 1. The van der Waals surface area contributed by atoms with Crippen LogP contribution in [0.15, 0.2) is 48.5 Å². The quantitative estimate of drug-likeness (QED) is 0.716. The lowest BCUT2D eigenvalue weighted by Gasteiger charge is -2.04. The van der Waals surface area contributed by atoms with Crippen LogP contribution in [-0.4, -0.2) is 4.98 Å². The van der Waals surface area contributed by atoms with E-state index < -0.39 is 0 Å². The third-order valence-electron chi connectivity index (χ3n) is 3.16. The Bertz CT molecular complexity index is 701. The van der Waals surface area contributed by atoms with E-state index in [1.165, 1.54) is 0 Å². The molecule has 0 atom stereocenters. The van der Waals surface area contributed by atoms with Crippen LogP contribution in [0.2, 0.25) is 5.02 Å². The van der Waals surface area contributed by atoms with Crippen molar-refractivity contribution in [3.63, 3.8) is 0 Å². The van der Waals surface area contributed by atoms with E-state index in [4.69, 9.17) is 17.3 Å². The van der Waals surface area contributed by atoms with Gasteiger partial charge in [-0.25, -0.2) is 0 Å². The van der Waals surface area contributed by atoms with E-state index in [0.29, 0.717) is 6.54 Å². The van der Waals surface area contributed by atoms with Gasteiger partial charge in [0.15, 0.2) is 0 Å². The van der Waals surface area contributed by atoms with Gasteiger partial charge in [0, 0.05) is 28.0 Å². The third kappa shape index (κ3) is 1.70. The fraction of sp³-hybridized carbons (Fsp3) is 0.0667. The van der Waals surface area contributed by atoms with Gasteiger partial charge in [-0.15, -0.1) is 0 Å². The second-order valence-electron chi connectivity index (χ2n) is 4.21. The molecule has 3 heteroatoms. The normalized spacial score (nSPS) is 11.0. The smallest absolute Gasteiger partial charge is 0.0525 e. The molecule has 0 fully saturated rings. The molecular weight excluding hydrogens is 244 g/mol. The Labute approximate surface area is 110 Å². The Kier molecular flexibility index (Phi) is 2.82. The number of nitrogens with two attached hydrogens (primary N) is 1. The first-order valence-electron chi connectivity index (χ1n) is 5.86. The van der Waals surface area contributed by atoms with Crippen molar-refractivity contribution < 1.29 is 0 Å². The average Bonchev–Trinajstić information content (AvgIpc) is 2.77. The van der Waals surface area contributed by atoms with E-state index in [-0.39, 0.29) is 0 Å². The Morgan fingerprint density at radius 3 is 2.50 bits per heavy atom. The number of halogens is 1. The van der Waals surface area contributed by atoms with Gasteiger partial charge in [0.2, 0.25) is 0 Å². The van der Waals surface area contributed by atoms with Crippen molar-refractivity contribution in [1.29, 1.82) is 0 Å². The molecule has 0 aliphatic heterocycles. The highest BCUT2D eigenvalue weighted by molar-refractivity contribution is 6.33. The van der Waals surface area contributed by atoms with Crippen LogP contribution in [0, 0.1) is 0 Å². The molecule has 0 bridgehead atoms. The van der Waals surface area contributed by atoms with E-state index in [1.807, 2.05) is 36.4 Å². The molecule has 0 saturated carbocycles. The number of benzene rings is 2. The number of para-hydroxylation sites is 1. The summed E-state index contributed by atoms with van der Waals surface area (Å²) in [6.45, 7) is 0.491. The lowest BCUT2D eigenvalue weighted by molar-refractivity contribution is 1.09. The molecule has 0 amide bonds. The van der Waals surface area contributed by atoms with Crippen molar-refractivity contribution in [3.05, 3.63) is 59.1 Å². The Morgan fingerprint density at radius 2 is 1.72 bits per heavy atom. The summed E-state index contributed by atoms with van der Waals surface area (Å²) in [4.78, 5) is 3.41. The molecule has 0 radical (unpaired) electrons. The topological polar surface area (TPSA) is 41.8 Å². The van der Waals surface area contributed by atoms with Gasteiger partial charge >= 0.3 is 0 Å². The first kappa shape index (κ1) is 11.3. The van der Waals surface area contributed by atoms with Crippen LogP contribution in [0.25, 0.3) is 22.2 Å². The van der Waals surface area contributed by atoms with Crippen molar-refractivity contribution in [2.45, 2.75) is 6.54 Å². The van der Waals surface area contributed by atoms with Gasteiger partial charge in [-0.05, 0) is 17.7 Å². The van der Waals surface area contributed by atoms with E-state index in [0.717, 1.165) is 32.7 Å². The van der Waals surface area contributed by atoms with E-state index in [9.17, 15) is 0 Å². The van der Waals surface area contributed by atoms with Crippen LogP contribution in [0.3, 0.4) is 0 Å². The fourth-order valence-electron chi connectivity index (χ4n) is 2.31. The lowest BCUT2D eigenvalue weighted by atomic mass is 10.1. The van der Waals surface area contributed by atoms with Crippen molar-refractivity contribution >= 4 is 22.5 Å². The molecule has 3 rings (SSSR count). The molecule has 0 aliphatic carbocycles. The first-order chi connectivity index (χ1) is 8.81. The van der Waals surface area contributed by atoms with Crippen LogP contribution in [0.1, 0.15) is 5.56 Å². The molecule has 0 spiro atoms. The van der Waals surface area contributed by atoms with Crippen LogP contribution in [0.5, 0.6) is 0 Å². The van der Waals surface area contributed by atoms with Crippen LogP contribution < -0.4 is 5.73 Å². The lowest BCUT2D eigenvalue weighted by Crippen LogP contribution is -1.97. The molecule has 0 aliphatic rings. The largest absolute Gasteiger partial charge is 0.354 e. The van der Waals surface area contributed by atoms with Crippen molar-refractivity contribution in [1.82, 2.24) is 4.98 Å². The summed E-state index contributed by atoms with van der Waals surface area (Å²) < 4.78 is 0. The SMILES string of the molecule is NCc1c(-c2ccccc2Cl)[nH]c2ccccc12. The maximum Gasteiger partial charge on any atom is 0.0525 e. The number of H-pyrrole nitrogens is 1. The standard InChI is InChI=1S/C15H13ClN2/c16-13-7-3-1-6-11(13)15-12(9-17)10-5-2-4-8-14(10)18-15/h1-8,18H,9,17H2. The summed E-state index contributed by atoms with van der Waals surface area (Å²) in [5, 5.41) is 1.90. The van der Waals surface area contributed by atoms with Crippen LogP contribution in [-0.2, 0) is 6.54 Å². The van der Waals surface area contributed by atoms with Crippen molar-refractivity contribution in [3.8, 4) is 11.3 Å². The third-order valence-corrected chi connectivity index (χ3v) is 3.49. The summed E-state index contributed by atoms with van der Waals surface area (Å²) >= 11 is 6.25. The van der Waals surface area contributed by atoms with Gasteiger partial charge in [-0.1, -0.05) is 48.0 Å². The van der Waals surface area contributed by atoms with E-state index in [2.05, 4.69) is 17.1 Å². The summed E-state index contributed by atoms with van der Waals surface area (Å²) in [6, 6.07) is 16.0. The number of aromatic nitrogens is 1. The fourth-order valence-corrected chi connectivity index (χ4v) is 2.54. The molecule has 3 N–H and O–H groups in total. The molecule has 3 aromatic rings. The van der Waals surface area contributed by atoms with Gasteiger partial charge in [0.05, 0.1) is 5.69 Å². The van der Waals surface area contributed by atoms with Gasteiger partial charge in [-0.3, -0.25) is 0 Å². The second kappa shape index (κ2) is 4.48. The summed E-state index contributed by atoms with van der Waals surface area (Å²) in [6.07, 6.45) is 0. The van der Waals surface area contributed by atoms with Crippen LogP contribution in [0.4, 0.5) is 0 Å². The predicted octanol–water partition coefficient (Wildman–Crippen LogP) is 3.95. The van der Waals surface area contributed by atoms with E-state index >= 15 is 0 Å².